The Morgan fingerprint density at radius 2 is 2.25 bits per heavy atom. The summed E-state index contributed by atoms with van der Waals surface area (Å²) in [6.07, 6.45) is 0.398. The van der Waals surface area contributed by atoms with Crippen LogP contribution in [0.2, 0.25) is 0 Å². The zero-order valence-electron chi connectivity index (χ0n) is 10.9. The van der Waals surface area contributed by atoms with Crippen LogP contribution in [0.15, 0.2) is 34.5 Å². The van der Waals surface area contributed by atoms with Gasteiger partial charge in [0.15, 0.2) is 6.23 Å². The van der Waals surface area contributed by atoms with Crippen molar-refractivity contribution in [2.45, 2.75) is 17.7 Å². The number of ether oxygens (including phenoxy) is 1. The first-order valence-electron chi connectivity index (χ1n) is 5.86. The molecule has 0 saturated carbocycles. The predicted octanol–water partition coefficient (Wildman–Crippen LogP) is -0.556. The highest BCUT2D eigenvalue weighted by Crippen LogP contribution is 2.24. The van der Waals surface area contributed by atoms with Crippen molar-refractivity contribution in [2.75, 3.05) is 13.7 Å². The molecule has 0 aliphatic carbocycles. The van der Waals surface area contributed by atoms with E-state index in [4.69, 9.17) is 16.3 Å². The Kier molecular flexibility index (Phi) is 6.15. The quantitative estimate of drug-likeness (QED) is 0.463. The molecule has 0 saturated heterocycles. The van der Waals surface area contributed by atoms with Gasteiger partial charge >= 0.3 is 5.69 Å². The molecule has 1 rings (SSSR count). The standard InChI is InChI=1S/C12H17ClN2O5/c1-3-7(6-16)10(20-2)9(13)11(18)15-5-4-8(17)14-12(15)19/h3-5,7,9-11,16,18H,1,6H2,2H3,(H,14,17,19)/t7-,9+,10+,11-/m0/s1. The van der Waals surface area contributed by atoms with Crippen LogP contribution in [0.3, 0.4) is 0 Å². The molecule has 8 heteroatoms. The molecule has 0 aliphatic heterocycles. The minimum Gasteiger partial charge on any atom is -0.396 e. The lowest BCUT2D eigenvalue weighted by molar-refractivity contribution is -0.0127. The van der Waals surface area contributed by atoms with E-state index in [2.05, 4.69) is 6.58 Å². The molecule has 0 fully saturated rings. The first kappa shape index (κ1) is 16.6. The van der Waals surface area contributed by atoms with Crippen molar-refractivity contribution < 1.29 is 14.9 Å². The van der Waals surface area contributed by atoms with E-state index >= 15 is 0 Å². The Morgan fingerprint density at radius 3 is 2.70 bits per heavy atom. The fourth-order valence-corrected chi connectivity index (χ4v) is 2.22. The Balaban J connectivity index is 3.05. The smallest absolute Gasteiger partial charge is 0.330 e. The normalized spacial score (nSPS) is 17.2. The maximum atomic E-state index is 11.6. The first-order valence-corrected chi connectivity index (χ1v) is 6.29. The van der Waals surface area contributed by atoms with Crippen LogP contribution in [0.1, 0.15) is 6.23 Å². The van der Waals surface area contributed by atoms with Gasteiger partial charge in [0, 0.05) is 25.3 Å². The fourth-order valence-electron chi connectivity index (χ4n) is 1.81. The summed E-state index contributed by atoms with van der Waals surface area (Å²) >= 11 is 6.11. The van der Waals surface area contributed by atoms with Crippen LogP contribution in [0, 0.1) is 5.92 Å². The minimum absolute atomic E-state index is 0.265. The molecule has 0 amide bonds. The number of halogens is 1. The van der Waals surface area contributed by atoms with Crippen molar-refractivity contribution in [3.8, 4) is 0 Å². The highest BCUT2D eigenvalue weighted by Gasteiger charge is 2.32. The van der Waals surface area contributed by atoms with Gasteiger partial charge in [0.25, 0.3) is 5.56 Å². The van der Waals surface area contributed by atoms with Crippen LogP contribution < -0.4 is 11.2 Å². The number of nitrogens with one attached hydrogen (secondary N) is 1. The average Bonchev–Trinajstić information content (AvgIpc) is 2.43. The molecule has 1 aromatic rings. The number of alkyl halides is 1. The largest absolute Gasteiger partial charge is 0.396 e. The predicted molar refractivity (Wildman–Crippen MR) is 73.8 cm³/mol. The van der Waals surface area contributed by atoms with Gasteiger partial charge in [0.05, 0.1) is 12.7 Å². The lowest BCUT2D eigenvalue weighted by Gasteiger charge is -2.29. The summed E-state index contributed by atoms with van der Waals surface area (Å²) in [5.74, 6) is -0.504. The second kappa shape index (κ2) is 7.39. The van der Waals surface area contributed by atoms with Crippen molar-refractivity contribution in [2.24, 2.45) is 5.92 Å². The first-order chi connectivity index (χ1) is 9.46. The Bertz CT molecular complexity index is 555. The van der Waals surface area contributed by atoms with Crippen LogP contribution in [0.4, 0.5) is 0 Å². The molecule has 3 N–H and O–H groups in total. The maximum absolute atomic E-state index is 11.6. The van der Waals surface area contributed by atoms with Gasteiger partial charge in [-0.1, -0.05) is 6.08 Å². The van der Waals surface area contributed by atoms with Gasteiger partial charge in [-0.25, -0.2) is 4.79 Å². The molecule has 4 atom stereocenters. The SMILES string of the molecule is C=C[C@@H](CO)[C@@H](OC)[C@@H](Cl)[C@H](O)n1ccc(=O)[nH]c1=O. The number of rotatable bonds is 7. The molecule has 0 spiro atoms. The Hall–Kier alpha value is -1.41. The number of aliphatic hydroxyl groups is 2. The second-order valence-corrected chi connectivity index (χ2v) is 4.66. The number of nitrogens with zero attached hydrogens (tertiary/aromatic N) is 1. The molecule has 0 aromatic carbocycles. The summed E-state index contributed by atoms with van der Waals surface area (Å²) in [7, 11) is 1.37. The molecule has 0 bridgehead atoms. The number of aromatic amines is 1. The summed E-state index contributed by atoms with van der Waals surface area (Å²) in [5.41, 5.74) is -1.36. The third kappa shape index (κ3) is 3.57. The van der Waals surface area contributed by atoms with E-state index in [1.54, 1.807) is 0 Å². The van der Waals surface area contributed by atoms with Gasteiger partial charge in [-0.05, 0) is 0 Å². The molecule has 0 aliphatic rings. The Morgan fingerprint density at radius 1 is 1.60 bits per heavy atom. The number of aliphatic hydroxyl groups excluding tert-OH is 2. The van der Waals surface area contributed by atoms with Crippen LogP contribution in [-0.4, -0.2) is 45.0 Å². The van der Waals surface area contributed by atoms with E-state index in [0.717, 1.165) is 16.8 Å². The monoisotopic (exact) mass is 304 g/mol. The number of hydrogen-bond donors (Lipinski definition) is 3. The lowest BCUT2D eigenvalue weighted by Crippen LogP contribution is -2.42. The van der Waals surface area contributed by atoms with Crippen molar-refractivity contribution in [3.63, 3.8) is 0 Å². The molecule has 112 valence electrons. The van der Waals surface area contributed by atoms with E-state index in [-0.39, 0.29) is 6.61 Å². The summed E-state index contributed by atoms with van der Waals surface area (Å²) in [6.45, 7) is 3.28. The number of H-pyrrole nitrogens is 1. The van der Waals surface area contributed by atoms with Crippen LogP contribution >= 0.6 is 11.6 Å². The van der Waals surface area contributed by atoms with Crippen molar-refractivity contribution >= 4 is 11.6 Å². The summed E-state index contributed by atoms with van der Waals surface area (Å²) in [4.78, 5) is 24.6. The molecule has 0 unspecified atom stereocenters. The molecular weight excluding hydrogens is 288 g/mol. The van der Waals surface area contributed by atoms with Crippen molar-refractivity contribution in [1.29, 1.82) is 0 Å². The maximum Gasteiger partial charge on any atom is 0.330 e. The number of methoxy groups -OCH3 is 1. The lowest BCUT2D eigenvalue weighted by atomic mass is 9.99. The van der Waals surface area contributed by atoms with E-state index in [9.17, 15) is 19.8 Å². The molecule has 1 heterocycles. The van der Waals surface area contributed by atoms with Crippen LogP contribution in [-0.2, 0) is 4.74 Å². The van der Waals surface area contributed by atoms with E-state index in [1.807, 2.05) is 4.98 Å². The molecule has 0 radical (unpaired) electrons. The summed E-state index contributed by atoms with van der Waals surface area (Å²) in [5, 5.41) is 18.3. The van der Waals surface area contributed by atoms with Gasteiger partial charge in [-0.3, -0.25) is 14.3 Å². The van der Waals surface area contributed by atoms with Crippen LogP contribution in [0.25, 0.3) is 0 Å². The van der Waals surface area contributed by atoms with Crippen LogP contribution in [0.5, 0.6) is 0 Å². The van der Waals surface area contributed by atoms with E-state index in [0.29, 0.717) is 0 Å². The van der Waals surface area contributed by atoms with Gasteiger partial charge in [-0.2, -0.15) is 0 Å². The number of hydrogen-bond acceptors (Lipinski definition) is 5. The van der Waals surface area contributed by atoms with Crippen molar-refractivity contribution in [3.05, 3.63) is 45.8 Å². The molecule has 1 aromatic heterocycles. The third-order valence-electron chi connectivity index (χ3n) is 2.94. The van der Waals surface area contributed by atoms with Crippen molar-refractivity contribution in [1.82, 2.24) is 9.55 Å². The minimum atomic E-state index is -1.43. The summed E-state index contributed by atoms with van der Waals surface area (Å²) < 4.78 is 6.03. The van der Waals surface area contributed by atoms with E-state index in [1.165, 1.54) is 13.2 Å². The average molecular weight is 305 g/mol. The van der Waals surface area contributed by atoms with E-state index < -0.39 is 34.9 Å². The number of aromatic nitrogens is 2. The topological polar surface area (TPSA) is 105 Å². The Labute approximate surface area is 120 Å². The fraction of sp³-hybridized carbons (Fsp3) is 0.500. The zero-order valence-corrected chi connectivity index (χ0v) is 11.7. The second-order valence-electron chi connectivity index (χ2n) is 4.16. The van der Waals surface area contributed by atoms with Gasteiger partial charge in [-0.15, -0.1) is 18.2 Å². The van der Waals surface area contributed by atoms with Gasteiger partial charge < -0.3 is 14.9 Å². The highest BCUT2D eigenvalue weighted by molar-refractivity contribution is 6.21. The molecular formula is C12H17ClN2O5. The zero-order chi connectivity index (χ0) is 15.3. The van der Waals surface area contributed by atoms with Gasteiger partial charge in [0.1, 0.15) is 5.38 Å². The third-order valence-corrected chi connectivity index (χ3v) is 3.42. The molecule has 20 heavy (non-hydrogen) atoms. The molecule has 7 nitrogen and oxygen atoms in total. The highest BCUT2D eigenvalue weighted by atomic mass is 35.5. The summed E-state index contributed by atoms with van der Waals surface area (Å²) in [6, 6.07) is 1.09. The van der Waals surface area contributed by atoms with Gasteiger partial charge in [0.2, 0.25) is 0 Å².